The number of hydrogen-bond acceptors (Lipinski definition) is 3. The fraction of sp³-hybridized carbons (Fsp3) is 0.538. The molecule has 0 aromatic heterocycles. The maximum Gasteiger partial charge on any atom is 0.146 e. The van der Waals surface area contributed by atoms with Crippen molar-refractivity contribution >= 4 is 5.69 Å². The third kappa shape index (κ3) is 1.27. The largest absolute Gasteiger partial charge is 0.493 e. The highest BCUT2D eigenvalue weighted by atomic mass is 16.5. The lowest BCUT2D eigenvalue weighted by Gasteiger charge is -2.28. The van der Waals surface area contributed by atoms with Crippen molar-refractivity contribution in [2.24, 2.45) is 0 Å². The van der Waals surface area contributed by atoms with E-state index in [1.54, 1.807) is 0 Å². The van der Waals surface area contributed by atoms with Crippen LogP contribution >= 0.6 is 0 Å². The third-order valence-electron chi connectivity index (χ3n) is 3.55. The highest BCUT2D eigenvalue weighted by molar-refractivity contribution is 5.71. The van der Waals surface area contributed by atoms with Gasteiger partial charge in [0.05, 0.1) is 18.9 Å². The maximum atomic E-state index is 6.19. The lowest BCUT2D eigenvalue weighted by Crippen LogP contribution is -2.18. The van der Waals surface area contributed by atoms with E-state index in [1.165, 1.54) is 11.1 Å². The first-order valence-corrected chi connectivity index (χ1v) is 5.98. The van der Waals surface area contributed by atoms with Gasteiger partial charge in [-0.15, -0.1) is 0 Å². The van der Waals surface area contributed by atoms with Gasteiger partial charge in [-0.1, -0.05) is 0 Å². The van der Waals surface area contributed by atoms with E-state index in [0.717, 1.165) is 61.6 Å². The summed E-state index contributed by atoms with van der Waals surface area (Å²) < 4.78 is 11.5. The van der Waals surface area contributed by atoms with Gasteiger partial charge in [-0.3, -0.25) is 0 Å². The highest BCUT2D eigenvalue weighted by Gasteiger charge is 2.25. The Morgan fingerprint density at radius 1 is 0.938 bits per heavy atom. The number of hydrogen-bond donors (Lipinski definition) is 1. The molecule has 0 atom stereocenters. The molecule has 0 saturated carbocycles. The first kappa shape index (κ1) is 9.82. The van der Waals surface area contributed by atoms with Gasteiger partial charge in [0.15, 0.2) is 0 Å². The molecule has 0 unspecified atom stereocenters. The zero-order valence-corrected chi connectivity index (χ0v) is 9.64. The number of nitrogen functional groups attached to an aromatic ring is 1. The number of ether oxygens (including phenoxy) is 2. The average Bonchev–Trinajstić information content (AvgIpc) is 2.36. The van der Waals surface area contributed by atoms with Crippen LogP contribution in [0.4, 0.5) is 5.69 Å². The topological polar surface area (TPSA) is 44.5 Å². The molecule has 0 saturated heterocycles. The smallest absolute Gasteiger partial charge is 0.146 e. The van der Waals surface area contributed by atoms with Gasteiger partial charge in [-0.05, 0) is 38.2 Å². The molecule has 0 aliphatic carbocycles. The Labute approximate surface area is 95.5 Å². The van der Waals surface area contributed by atoms with E-state index in [9.17, 15) is 0 Å². The Morgan fingerprint density at radius 2 is 1.56 bits per heavy atom. The molecular weight excluding hydrogens is 202 g/mol. The van der Waals surface area contributed by atoms with Crippen LogP contribution in [-0.4, -0.2) is 13.2 Å². The van der Waals surface area contributed by atoms with E-state index in [1.807, 2.05) is 0 Å². The lowest BCUT2D eigenvalue weighted by atomic mass is 9.92. The molecule has 0 fully saturated rings. The number of rotatable bonds is 0. The lowest BCUT2D eigenvalue weighted by molar-refractivity contribution is 0.272. The summed E-state index contributed by atoms with van der Waals surface area (Å²) >= 11 is 0. The highest BCUT2D eigenvalue weighted by Crippen LogP contribution is 2.44. The van der Waals surface area contributed by atoms with Crippen molar-refractivity contribution in [1.82, 2.24) is 0 Å². The Kier molecular flexibility index (Phi) is 2.20. The molecule has 2 N–H and O–H groups in total. The Bertz CT molecular complexity index is 362. The Balaban J connectivity index is 2.24. The molecule has 1 aromatic rings. The molecule has 2 aliphatic heterocycles. The molecule has 0 radical (unpaired) electrons. The fourth-order valence-corrected chi connectivity index (χ4v) is 2.71. The normalized spacial score (nSPS) is 18.1. The predicted octanol–water partition coefficient (Wildman–Crippen LogP) is 2.23. The quantitative estimate of drug-likeness (QED) is 0.680. The zero-order valence-electron chi connectivity index (χ0n) is 9.64. The van der Waals surface area contributed by atoms with Crippen molar-refractivity contribution in [2.75, 3.05) is 18.9 Å². The molecule has 1 aromatic carbocycles. The summed E-state index contributed by atoms with van der Waals surface area (Å²) in [6.07, 6.45) is 4.20. The van der Waals surface area contributed by atoms with Gasteiger partial charge in [0.25, 0.3) is 0 Å². The zero-order chi connectivity index (χ0) is 11.1. The summed E-state index contributed by atoms with van der Waals surface area (Å²) in [4.78, 5) is 0. The molecule has 3 nitrogen and oxygen atoms in total. The molecule has 2 aliphatic rings. The summed E-state index contributed by atoms with van der Waals surface area (Å²) in [7, 11) is 0. The van der Waals surface area contributed by atoms with Crippen molar-refractivity contribution in [3.63, 3.8) is 0 Å². The Hall–Kier alpha value is -1.38. The monoisotopic (exact) mass is 219 g/mol. The van der Waals surface area contributed by atoms with Crippen molar-refractivity contribution in [2.45, 2.75) is 32.6 Å². The third-order valence-corrected chi connectivity index (χ3v) is 3.55. The second kappa shape index (κ2) is 3.58. The van der Waals surface area contributed by atoms with Crippen molar-refractivity contribution in [1.29, 1.82) is 0 Å². The maximum absolute atomic E-state index is 6.19. The van der Waals surface area contributed by atoms with Gasteiger partial charge in [-0.2, -0.15) is 0 Å². The van der Waals surface area contributed by atoms with Crippen LogP contribution in [0.2, 0.25) is 0 Å². The van der Waals surface area contributed by atoms with Crippen molar-refractivity contribution in [3.8, 4) is 11.5 Å². The van der Waals surface area contributed by atoms with E-state index < -0.39 is 0 Å². The van der Waals surface area contributed by atoms with Crippen LogP contribution in [-0.2, 0) is 12.8 Å². The molecule has 16 heavy (non-hydrogen) atoms. The second-order valence-electron chi connectivity index (χ2n) is 4.56. The van der Waals surface area contributed by atoms with Crippen LogP contribution in [0.1, 0.15) is 29.5 Å². The summed E-state index contributed by atoms with van der Waals surface area (Å²) in [5.74, 6) is 1.95. The van der Waals surface area contributed by atoms with E-state index in [0.29, 0.717) is 0 Å². The predicted molar refractivity (Wildman–Crippen MR) is 63.2 cm³/mol. The molecule has 2 heterocycles. The van der Waals surface area contributed by atoms with E-state index in [-0.39, 0.29) is 0 Å². The van der Waals surface area contributed by atoms with Gasteiger partial charge in [0, 0.05) is 11.1 Å². The van der Waals surface area contributed by atoms with Gasteiger partial charge in [0.1, 0.15) is 11.5 Å². The van der Waals surface area contributed by atoms with Gasteiger partial charge in [0.2, 0.25) is 0 Å². The van der Waals surface area contributed by atoms with E-state index in [4.69, 9.17) is 15.2 Å². The molecule has 0 amide bonds. The first-order chi connectivity index (χ1) is 7.79. The van der Waals surface area contributed by atoms with Crippen LogP contribution in [0.25, 0.3) is 0 Å². The summed E-state index contributed by atoms with van der Waals surface area (Å²) in [5.41, 5.74) is 10.6. The second-order valence-corrected chi connectivity index (χ2v) is 4.56. The minimum atomic E-state index is 0.788. The molecular formula is C13H17NO2. The molecule has 3 heteroatoms. The summed E-state index contributed by atoms with van der Waals surface area (Å²) in [6.45, 7) is 3.72. The minimum Gasteiger partial charge on any atom is -0.493 e. The molecule has 3 rings (SSSR count). The summed E-state index contributed by atoms with van der Waals surface area (Å²) in [5, 5.41) is 0. The average molecular weight is 219 g/mol. The Morgan fingerprint density at radius 3 is 2.31 bits per heavy atom. The van der Waals surface area contributed by atoms with Gasteiger partial charge < -0.3 is 15.2 Å². The van der Waals surface area contributed by atoms with Gasteiger partial charge >= 0.3 is 0 Å². The van der Waals surface area contributed by atoms with Crippen LogP contribution in [0, 0.1) is 6.92 Å². The fourth-order valence-electron chi connectivity index (χ4n) is 2.71. The van der Waals surface area contributed by atoms with Crippen molar-refractivity contribution < 1.29 is 9.47 Å². The number of benzene rings is 1. The molecule has 86 valence electrons. The van der Waals surface area contributed by atoms with Crippen molar-refractivity contribution in [3.05, 3.63) is 16.7 Å². The number of nitrogens with two attached hydrogens (primary N) is 1. The minimum absolute atomic E-state index is 0.788. The molecule has 0 spiro atoms. The van der Waals surface area contributed by atoms with Crippen LogP contribution in [0.3, 0.4) is 0 Å². The molecule has 0 bridgehead atoms. The van der Waals surface area contributed by atoms with Crippen LogP contribution < -0.4 is 15.2 Å². The SMILES string of the molecule is Cc1c2c(c(N)c3c1OCCC3)OCCC2. The summed E-state index contributed by atoms with van der Waals surface area (Å²) in [6, 6.07) is 0. The number of fused-ring (bicyclic) bond motifs is 2. The van der Waals surface area contributed by atoms with Crippen LogP contribution in [0.5, 0.6) is 11.5 Å². The van der Waals surface area contributed by atoms with Gasteiger partial charge in [-0.25, -0.2) is 0 Å². The number of anilines is 1. The van der Waals surface area contributed by atoms with E-state index in [2.05, 4.69) is 6.92 Å². The first-order valence-electron chi connectivity index (χ1n) is 5.98. The van der Waals surface area contributed by atoms with Crippen LogP contribution in [0.15, 0.2) is 0 Å². The standard InChI is InChI=1S/C13H17NO2/c1-8-9-4-2-7-16-13(9)11(14)10-5-3-6-15-12(8)10/h2-7,14H2,1H3. The van der Waals surface area contributed by atoms with E-state index >= 15 is 0 Å².